The zero-order valence-corrected chi connectivity index (χ0v) is 27.0. The number of ether oxygens (including phenoxy) is 1. The Bertz CT molecular complexity index is 882. The molecule has 3 rings (SSSR count). The summed E-state index contributed by atoms with van der Waals surface area (Å²) in [5, 5.41) is 0. The van der Waals surface area contributed by atoms with Crippen molar-refractivity contribution in [2.45, 2.75) is 119 Å². The molecule has 0 spiro atoms. The first-order chi connectivity index (χ1) is 18.6. The predicted molar refractivity (Wildman–Crippen MR) is 177 cm³/mol. The normalized spacial score (nSPS) is 15.5. The summed E-state index contributed by atoms with van der Waals surface area (Å²) in [6.45, 7) is 25.0. The summed E-state index contributed by atoms with van der Waals surface area (Å²) >= 11 is 0. The molecular weight excluding hydrogens is 474 g/mol. The summed E-state index contributed by atoms with van der Waals surface area (Å²) in [4.78, 5) is 0. The Balaban J connectivity index is 0.000000636. The van der Waals surface area contributed by atoms with Crippen LogP contribution in [-0.4, -0.2) is 13.2 Å². The van der Waals surface area contributed by atoms with E-state index in [0.717, 1.165) is 35.1 Å². The van der Waals surface area contributed by atoms with Gasteiger partial charge in [0.1, 0.15) is 5.75 Å². The van der Waals surface area contributed by atoms with Crippen LogP contribution in [0.3, 0.4) is 0 Å². The van der Waals surface area contributed by atoms with Crippen LogP contribution in [0.4, 0.5) is 0 Å². The Kier molecular flexibility index (Phi) is 19.3. The van der Waals surface area contributed by atoms with Crippen molar-refractivity contribution in [3.8, 4) is 5.75 Å². The molecule has 0 aliphatic heterocycles. The highest BCUT2D eigenvalue weighted by atomic mass is 16.5. The number of hydrogen-bond donors (Lipinski definition) is 1. The molecule has 0 amide bonds. The second kappa shape index (κ2) is 20.6. The molecule has 1 saturated carbocycles. The Labute approximate surface area is 243 Å². The molecule has 2 aromatic rings. The molecule has 220 valence electrons. The average molecular weight is 536 g/mol. The quantitative estimate of drug-likeness (QED) is 0.324. The van der Waals surface area contributed by atoms with E-state index < -0.39 is 0 Å². The van der Waals surface area contributed by atoms with Crippen molar-refractivity contribution in [3.05, 3.63) is 84.0 Å². The molecule has 0 bridgehead atoms. The molecule has 0 heterocycles. The summed E-state index contributed by atoms with van der Waals surface area (Å²) in [7, 11) is 1.73. The maximum absolute atomic E-state index is 5.90. The second-order valence-electron chi connectivity index (χ2n) is 11.4. The van der Waals surface area contributed by atoms with E-state index in [-0.39, 0.29) is 6.04 Å². The monoisotopic (exact) mass is 535 g/mol. The highest BCUT2D eigenvalue weighted by Crippen LogP contribution is 2.44. The lowest BCUT2D eigenvalue weighted by Crippen LogP contribution is -2.25. The number of rotatable bonds is 9. The van der Waals surface area contributed by atoms with Crippen molar-refractivity contribution in [1.82, 2.24) is 0 Å². The van der Waals surface area contributed by atoms with Crippen LogP contribution >= 0.6 is 0 Å². The van der Waals surface area contributed by atoms with Gasteiger partial charge in [-0.15, -0.1) is 0 Å². The number of benzene rings is 2. The van der Waals surface area contributed by atoms with Gasteiger partial charge in [0, 0.05) is 6.04 Å². The molecule has 39 heavy (non-hydrogen) atoms. The van der Waals surface area contributed by atoms with Gasteiger partial charge in [-0.3, -0.25) is 0 Å². The summed E-state index contributed by atoms with van der Waals surface area (Å²) < 4.78 is 5.26. The summed E-state index contributed by atoms with van der Waals surface area (Å²) in [5.74, 6) is 2.55. The van der Waals surface area contributed by atoms with Crippen LogP contribution in [0.5, 0.6) is 5.75 Å². The van der Waals surface area contributed by atoms with Crippen LogP contribution in [0.2, 0.25) is 0 Å². The van der Waals surface area contributed by atoms with E-state index >= 15 is 0 Å². The Morgan fingerprint density at radius 3 is 1.87 bits per heavy atom. The fourth-order valence-corrected chi connectivity index (χ4v) is 4.73. The Hall–Kier alpha value is -2.32. The van der Waals surface area contributed by atoms with Crippen molar-refractivity contribution in [3.63, 3.8) is 0 Å². The van der Waals surface area contributed by atoms with Gasteiger partial charge in [-0.25, -0.2) is 0 Å². The standard InChI is InChI=1S/C18H28O.C13H17N.C4H10.C2H6/c1-5-17(14-6-8-16(19-4)9-7-14)15-10-12-18(2,3)13-11-15;1-4-11-5-7-12(8-6-11)9-13(14)10(2)3;1-3-4-2;1-2/h6-9,15,17H,5,10-13H2,1-4H3;4-8,13H,1-2,9,14H2,3H3;3-4H2,1-2H3;1-2H3. The third-order valence-electron chi connectivity index (χ3n) is 7.74. The van der Waals surface area contributed by atoms with Crippen molar-refractivity contribution >= 4 is 6.08 Å². The van der Waals surface area contributed by atoms with Gasteiger partial charge in [-0.05, 0) is 91.5 Å². The fourth-order valence-electron chi connectivity index (χ4n) is 4.73. The highest BCUT2D eigenvalue weighted by molar-refractivity contribution is 5.47. The lowest BCUT2D eigenvalue weighted by Gasteiger charge is -2.38. The molecule has 0 aromatic heterocycles. The summed E-state index contributed by atoms with van der Waals surface area (Å²) in [6.07, 6.45) is 12.1. The molecule has 2 heteroatoms. The van der Waals surface area contributed by atoms with Crippen molar-refractivity contribution < 1.29 is 4.74 Å². The molecule has 0 saturated heterocycles. The maximum Gasteiger partial charge on any atom is 0.118 e. The van der Waals surface area contributed by atoms with Crippen LogP contribution in [0.25, 0.3) is 6.08 Å². The third-order valence-corrected chi connectivity index (χ3v) is 7.74. The lowest BCUT2D eigenvalue weighted by molar-refractivity contribution is 0.170. The van der Waals surface area contributed by atoms with Gasteiger partial charge in [0.15, 0.2) is 0 Å². The number of nitrogens with two attached hydrogens (primary N) is 1. The zero-order valence-electron chi connectivity index (χ0n) is 27.0. The SMILES string of the molecule is C=Cc1ccc(CC(N)C(=C)C)cc1.CC.CCC(c1ccc(OC)cc1)C1CCC(C)(C)CC1.CCCC. The molecular formula is C37H61NO. The minimum absolute atomic E-state index is 0.0598. The van der Waals surface area contributed by atoms with E-state index in [9.17, 15) is 0 Å². The van der Waals surface area contributed by atoms with Gasteiger partial charge in [-0.1, -0.05) is 123 Å². The molecule has 1 aliphatic rings. The molecule has 2 aromatic carbocycles. The number of methoxy groups -OCH3 is 1. The minimum atomic E-state index is 0.0598. The van der Waals surface area contributed by atoms with E-state index in [4.69, 9.17) is 10.5 Å². The van der Waals surface area contributed by atoms with E-state index in [1.54, 1.807) is 7.11 Å². The van der Waals surface area contributed by atoms with Crippen LogP contribution in [0.15, 0.2) is 67.3 Å². The lowest BCUT2D eigenvalue weighted by atomic mass is 9.68. The van der Waals surface area contributed by atoms with Crippen LogP contribution in [-0.2, 0) is 6.42 Å². The second-order valence-corrected chi connectivity index (χ2v) is 11.4. The molecule has 2 nitrogen and oxygen atoms in total. The molecule has 2 atom stereocenters. The third kappa shape index (κ3) is 14.6. The smallest absolute Gasteiger partial charge is 0.118 e. The Morgan fingerprint density at radius 2 is 1.49 bits per heavy atom. The van der Waals surface area contributed by atoms with Crippen LogP contribution in [0, 0.1) is 11.3 Å². The van der Waals surface area contributed by atoms with E-state index in [0.29, 0.717) is 5.41 Å². The minimum Gasteiger partial charge on any atom is -0.497 e. The first kappa shape index (κ1) is 36.7. The molecule has 0 radical (unpaired) electrons. The van der Waals surface area contributed by atoms with Gasteiger partial charge < -0.3 is 10.5 Å². The summed E-state index contributed by atoms with van der Waals surface area (Å²) in [6, 6.07) is 17.0. The predicted octanol–water partition coefficient (Wildman–Crippen LogP) is 11.0. The van der Waals surface area contributed by atoms with E-state index in [1.807, 2.05) is 39.0 Å². The zero-order chi connectivity index (χ0) is 29.8. The van der Waals surface area contributed by atoms with Crippen molar-refractivity contribution in [2.75, 3.05) is 7.11 Å². The van der Waals surface area contributed by atoms with Gasteiger partial charge in [-0.2, -0.15) is 0 Å². The van der Waals surface area contributed by atoms with E-state index in [2.05, 4.69) is 84.2 Å². The number of hydrogen-bond acceptors (Lipinski definition) is 2. The van der Waals surface area contributed by atoms with Crippen LogP contribution < -0.4 is 10.5 Å². The molecule has 1 aliphatic carbocycles. The van der Waals surface area contributed by atoms with E-state index in [1.165, 1.54) is 56.1 Å². The number of unbranched alkanes of at least 4 members (excludes halogenated alkanes) is 1. The van der Waals surface area contributed by atoms with Gasteiger partial charge in [0.05, 0.1) is 7.11 Å². The Morgan fingerprint density at radius 1 is 0.974 bits per heavy atom. The van der Waals surface area contributed by atoms with Crippen molar-refractivity contribution in [1.29, 1.82) is 0 Å². The van der Waals surface area contributed by atoms with Gasteiger partial charge in [0.25, 0.3) is 0 Å². The first-order valence-electron chi connectivity index (χ1n) is 15.4. The molecule has 2 unspecified atom stereocenters. The molecule has 1 fully saturated rings. The maximum atomic E-state index is 5.90. The highest BCUT2D eigenvalue weighted by Gasteiger charge is 2.31. The van der Waals surface area contributed by atoms with Crippen molar-refractivity contribution in [2.24, 2.45) is 17.1 Å². The summed E-state index contributed by atoms with van der Waals surface area (Å²) in [5.41, 5.74) is 11.4. The largest absolute Gasteiger partial charge is 0.497 e. The van der Waals surface area contributed by atoms with Gasteiger partial charge in [0.2, 0.25) is 0 Å². The fraction of sp³-hybridized carbons (Fsp3) is 0.568. The van der Waals surface area contributed by atoms with Crippen LogP contribution in [0.1, 0.15) is 123 Å². The first-order valence-corrected chi connectivity index (χ1v) is 15.4. The average Bonchev–Trinajstić information content (AvgIpc) is 2.96. The van der Waals surface area contributed by atoms with Gasteiger partial charge >= 0.3 is 0 Å². The topological polar surface area (TPSA) is 35.2 Å². The molecule has 2 N–H and O–H groups in total.